The molecule has 104 valence electrons. The van der Waals surface area contributed by atoms with Crippen LogP contribution < -0.4 is 5.73 Å². The molecule has 2 rings (SSSR count). The number of anilines is 1. The molecule has 3 N–H and O–H groups in total. The van der Waals surface area contributed by atoms with Crippen LogP contribution >= 0.6 is 0 Å². The second kappa shape index (κ2) is 5.39. The first-order chi connectivity index (χ1) is 9.50. The number of nitrogens with zero attached hydrogens (tertiary/aromatic N) is 3. The van der Waals surface area contributed by atoms with Crippen molar-refractivity contribution >= 4 is 17.3 Å². The van der Waals surface area contributed by atoms with E-state index in [1.165, 1.54) is 23.1 Å². The topological polar surface area (TPSA) is 118 Å². The van der Waals surface area contributed by atoms with E-state index in [1.807, 2.05) is 0 Å². The Hall–Kier alpha value is -2.90. The number of carbonyl (C=O) groups excluding carboxylic acids is 1. The number of rotatable bonds is 4. The molecule has 1 amide bonds. The predicted molar refractivity (Wildman–Crippen MR) is 71.9 cm³/mol. The number of aromatic nitrogens is 2. The average Bonchev–Trinajstić information content (AvgIpc) is 2.89. The molecule has 0 bridgehead atoms. The fourth-order valence-electron chi connectivity index (χ4n) is 1.85. The van der Waals surface area contributed by atoms with Gasteiger partial charge < -0.3 is 10.6 Å². The van der Waals surface area contributed by atoms with Crippen LogP contribution in [0, 0.1) is 10.1 Å². The molecule has 1 aromatic carbocycles. The molecule has 1 aromatic heterocycles. The Labute approximate surface area is 114 Å². The Morgan fingerprint density at radius 2 is 2.30 bits per heavy atom. The van der Waals surface area contributed by atoms with E-state index in [9.17, 15) is 14.9 Å². The fraction of sp³-hybridized carbons (Fsp3) is 0.167. The normalized spacial score (nSPS) is 10.2. The van der Waals surface area contributed by atoms with E-state index in [0.29, 0.717) is 6.54 Å². The van der Waals surface area contributed by atoms with E-state index < -0.39 is 10.8 Å². The summed E-state index contributed by atoms with van der Waals surface area (Å²) in [6, 6.07) is 4.30. The second-order valence-electron chi connectivity index (χ2n) is 4.27. The van der Waals surface area contributed by atoms with E-state index in [4.69, 9.17) is 5.73 Å². The van der Waals surface area contributed by atoms with Crippen LogP contribution in [0.25, 0.3) is 0 Å². The van der Waals surface area contributed by atoms with Crippen LogP contribution in [0.1, 0.15) is 15.9 Å². The number of nitrogens with two attached hydrogens (primary N) is 1. The van der Waals surface area contributed by atoms with Crippen LogP contribution in [0.5, 0.6) is 0 Å². The van der Waals surface area contributed by atoms with Gasteiger partial charge >= 0.3 is 5.69 Å². The lowest BCUT2D eigenvalue weighted by Gasteiger charge is -2.16. The summed E-state index contributed by atoms with van der Waals surface area (Å²) in [6.45, 7) is 0.293. The minimum absolute atomic E-state index is 0.0269. The molecule has 0 spiro atoms. The molecular formula is C12H13N5O3. The van der Waals surface area contributed by atoms with Gasteiger partial charge in [0.25, 0.3) is 5.91 Å². The van der Waals surface area contributed by atoms with Gasteiger partial charge in [-0.2, -0.15) is 5.10 Å². The molecule has 0 aliphatic heterocycles. The summed E-state index contributed by atoms with van der Waals surface area (Å²) in [6.07, 6.45) is 3.23. The third-order valence-corrected chi connectivity index (χ3v) is 2.80. The van der Waals surface area contributed by atoms with Gasteiger partial charge in [0.2, 0.25) is 0 Å². The summed E-state index contributed by atoms with van der Waals surface area (Å²) in [5.74, 6) is -0.467. The SMILES string of the molecule is CN(Cc1cn[nH]c1)C(=O)c1cccc(N)c1[N+](=O)[O-]. The van der Waals surface area contributed by atoms with Crippen molar-refractivity contribution in [3.8, 4) is 0 Å². The Balaban J connectivity index is 2.29. The first kappa shape index (κ1) is 13.5. The summed E-state index contributed by atoms with van der Waals surface area (Å²) < 4.78 is 0. The Morgan fingerprint density at radius 3 is 2.90 bits per heavy atom. The van der Waals surface area contributed by atoms with Crippen LogP contribution in [0.4, 0.5) is 11.4 Å². The van der Waals surface area contributed by atoms with E-state index in [1.54, 1.807) is 19.4 Å². The summed E-state index contributed by atoms with van der Waals surface area (Å²) in [4.78, 5) is 24.0. The van der Waals surface area contributed by atoms with E-state index >= 15 is 0 Å². The maximum absolute atomic E-state index is 12.3. The second-order valence-corrected chi connectivity index (χ2v) is 4.27. The van der Waals surface area contributed by atoms with Gasteiger partial charge in [0.05, 0.1) is 11.1 Å². The van der Waals surface area contributed by atoms with Crippen LogP contribution in [0.2, 0.25) is 0 Å². The highest BCUT2D eigenvalue weighted by Crippen LogP contribution is 2.27. The zero-order valence-corrected chi connectivity index (χ0v) is 10.7. The molecule has 0 unspecified atom stereocenters. The molecule has 0 fully saturated rings. The third kappa shape index (κ3) is 2.58. The van der Waals surface area contributed by atoms with Gasteiger partial charge in [0.1, 0.15) is 11.3 Å². The van der Waals surface area contributed by atoms with Crippen LogP contribution in [-0.4, -0.2) is 33.0 Å². The molecule has 8 nitrogen and oxygen atoms in total. The van der Waals surface area contributed by atoms with Gasteiger partial charge in [-0.3, -0.25) is 20.0 Å². The molecule has 0 aliphatic rings. The van der Waals surface area contributed by atoms with Crippen molar-refractivity contribution in [3.05, 3.63) is 51.8 Å². The predicted octanol–water partition coefficient (Wildman–Crippen LogP) is 1.17. The van der Waals surface area contributed by atoms with Crippen molar-refractivity contribution in [1.82, 2.24) is 15.1 Å². The van der Waals surface area contributed by atoms with Crippen molar-refractivity contribution in [1.29, 1.82) is 0 Å². The number of hydrogen-bond donors (Lipinski definition) is 2. The van der Waals surface area contributed by atoms with Gasteiger partial charge in [-0.1, -0.05) is 6.07 Å². The highest BCUT2D eigenvalue weighted by atomic mass is 16.6. The third-order valence-electron chi connectivity index (χ3n) is 2.80. The fourth-order valence-corrected chi connectivity index (χ4v) is 1.85. The van der Waals surface area contributed by atoms with Gasteiger partial charge in [0.15, 0.2) is 0 Å². The molecule has 0 saturated heterocycles. The van der Waals surface area contributed by atoms with Crippen LogP contribution in [-0.2, 0) is 6.54 Å². The standard InChI is InChI=1S/C12H13N5O3/c1-16(7-8-5-14-15-6-8)12(18)9-3-2-4-10(13)11(9)17(19)20/h2-6H,7,13H2,1H3,(H,14,15). The number of carbonyl (C=O) groups is 1. The molecule has 0 atom stereocenters. The van der Waals surface area contributed by atoms with Crippen molar-refractivity contribution in [2.45, 2.75) is 6.54 Å². The van der Waals surface area contributed by atoms with Gasteiger partial charge in [-0.05, 0) is 12.1 Å². The first-order valence-electron chi connectivity index (χ1n) is 5.76. The van der Waals surface area contributed by atoms with E-state index in [-0.39, 0.29) is 16.9 Å². The minimum atomic E-state index is -0.645. The van der Waals surface area contributed by atoms with Crippen molar-refractivity contribution in [3.63, 3.8) is 0 Å². The number of amides is 1. The summed E-state index contributed by atoms with van der Waals surface area (Å²) in [5.41, 5.74) is 5.95. The molecule has 0 saturated carbocycles. The summed E-state index contributed by atoms with van der Waals surface area (Å²) in [5, 5.41) is 17.4. The Bertz CT molecular complexity index is 639. The van der Waals surface area contributed by atoms with Gasteiger partial charge in [0, 0.05) is 25.4 Å². The number of benzene rings is 1. The molecule has 0 radical (unpaired) electrons. The summed E-state index contributed by atoms with van der Waals surface area (Å²) >= 11 is 0. The molecule has 8 heteroatoms. The van der Waals surface area contributed by atoms with Gasteiger partial charge in [-0.15, -0.1) is 0 Å². The van der Waals surface area contributed by atoms with Crippen LogP contribution in [0.15, 0.2) is 30.6 Å². The number of nitrogen functional groups attached to an aromatic ring is 1. The lowest BCUT2D eigenvalue weighted by Crippen LogP contribution is -2.27. The maximum atomic E-state index is 12.3. The number of aromatic amines is 1. The van der Waals surface area contributed by atoms with E-state index in [2.05, 4.69) is 10.2 Å². The van der Waals surface area contributed by atoms with Crippen LogP contribution in [0.3, 0.4) is 0 Å². The number of H-pyrrole nitrogens is 1. The molecular weight excluding hydrogens is 262 g/mol. The molecule has 1 heterocycles. The Kier molecular flexibility index (Phi) is 3.65. The maximum Gasteiger partial charge on any atom is 0.304 e. The molecule has 20 heavy (non-hydrogen) atoms. The Morgan fingerprint density at radius 1 is 1.55 bits per heavy atom. The van der Waals surface area contributed by atoms with Crippen molar-refractivity contribution in [2.24, 2.45) is 0 Å². The number of para-hydroxylation sites is 1. The number of nitro groups is 1. The minimum Gasteiger partial charge on any atom is -0.393 e. The van der Waals surface area contributed by atoms with Crippen molar-refractivity contribution < 1.29 is 9.72 Å². The zero-order chi connectivity index (χ0) is 14.7. The monoisotopic (exact) mass is 275 g/mol. The van der Waals surface area contributed by atoms with Gasteiger partial charge in [-0.25, -0.2) is 0 Å². The summed E-state index contributed by atoms with van der Waals surface area (Å²) in [7, 11) is 1.56. The highest BCUT2D eigenvalue weighted by Gasteiger charge is 2.25. The quantitative estimate of drug-likeness (QED) is 0.493. The van der Waals surface area contributed by atoms with Crippen molar-refractivity contribution in [2.75, 3.05) is 12.8 Å². The van der Waals surface area contributed by atoms with E-state index in [0.717, 1.165) is 5.56 Å². The largest absolute Gasteiger partial charge is 0.393 e. The first-order valence-corrected chi connectivity index (χ1v) is 5.76. The zero-order valence-electron chi connectivity index (χ0n) is 10.7. The smallest absolute Gasteiger partial charge is 0.304 e. The molecule has 0 aliphatic carbocycles. The number of nitro benzene ring substituents is 1. The number of nitrogens with one attached hydrogen (secondary N) is 1. The average molecular weight is 275 g/mol. The lowest BCUT2D eigenvalue weighted by atomic mass is 10.1. The molecule has 2 aromatic rings. The highest BCUT2D eigenvalue weighted by molar-refractivity contribution is 6.00. The number of hydrogen-bond acceptors (Lipinski definition) is 5. The lowest BCUT2D eigenvalue weighted by molar-refractivity contribution is -0.384.